The summed E-state index contributed by atoms with van der Waals surface area (Å²) in [6, 6.07) is 0. The highest BCUT2D eigenvalue weighted by atomic mass is 16.5. The maximum Gasteiger partial charge on any atom is 0.191 e. The van der Waals surface area contributed by atoms with Gasteiger partial charge in [0.1, 0.15) is 0 Å². The molecule has 0 aromatic carbocycles. The summed E-state index contributed by atoms with van der Waals surface area (Å²) in [7, 11) is 0. The zero-order chi connectivity index (χ0) is 19.0. The van der Waals surface area contributed by atoms with Crippen LogP contribution in [0.4, 0.5) is 0 Å². The lowest BCUT2D eigenvalue weighted by Gasteiger charge is -2.26. The van der Waals surface area contributed by atoms with Crippen molar-refractivity contribution in [3.63, 3.8) is 0 Å². The zero-order valence-corrected chi connectivity index (χ0v) is 17.5. The van der Waals surface area contributed by atoms with Gasteiger partial charge < -0.3 is 25.0 Å². The molecule has 0 aromatic heterocycles. The summed E-state index contributed by atoms with van der Waals surface area (Å²) >= 11 is 0. The van der Waals surface area contributed by atoms with Gasteiger partial charge in [-0.05, 0) is 65.1 Å². The van der Waals surface area contributed by atoms with E-state index in [-0.39, 0.29) is 0 Å². The van der Waals surface area contributed by atoms with Crippen molar-refractivity contribution < 1.29 is 9.47 Å². The van der Waals surface area contributed by atoms with Crippen LogP contribution in [0.3, 0.4) is 0 Å². The molecule has 6 heteroatoms. The van der Waals surface area contributed by atoms with E-state index in [0.717, 1.165) is 64.9 Å². The van der Waals surface area contributed by atoms with Gasteiger partial charge in [0, 0.05) is 38.8 Å². The monoisotopic (exact) mass is 382 g/mol. The molecular formula is C21H42N4O2. The maximum absolute atomic E-state index is 5.74. The highest BCUT2D eigenvalue weighted by molar-refractivity contribution is 5.79. The maximum atomic E-state index is 5.74. The Morgan fingerprint density at radius 2 is 2.00 bits per heavy atom. The van der Waals surface area contributed by atoms with Crippen LogP contribution in [0, 0.1) is 5.92 Å². The van der Waals surface area contributed by atoms with E-state index >= 15 is 0 Å². The van der Waals surface area contributed by atoms with E-state index < -0.39 is 0 Å². The second kappa shape index (κ2) is 15.1. The van der Waals surface area contributed by atoms with Crippen molar-refractivity contribution in [3.05, 3.63) is 0 Å². The molecule has 2 fully saturated rings. The third-order valence-corrected chi connectivity index (χ3v) is 5.33. The molecule has 6 nitrogen and oxygen atoms in total. The van der Waals surface area contributed by atoms with Gasteiger partial charge in [-0.1, -0.05) is 12.8 Å². The molecule has 158 valence electrons. The van der Waals surface area contributed by atoms with Crippen LogP contribution in [0.5, 0.6) is 0 Å². The van der Waals surface area contributed by atoms with Crippen LogP contribution < -0.4 is 10.6 Å². The van der Waals surface area contributed by atoms with Crippen LogP contribution in [-0.2, 0) is 9.47 Å². The minimum absolute atomic E-state index is 0.599. The number of likely N-dealkylation sites (tertiary alicyclic amines) is 1. The number of hydrogen-bond acceptors (Lipinski definition) is 4. The average Bonchev–Trinajstić information content (AvgIpc) is 3.21. The van der Waals surface area contributed by atoms with E-state index in [9.17, 15) is 0 Å². The number of nitrogens with one attached hydrogen (secondary N) is 2. The molecule has 2 rings (SSSR count). The van der Waals surface area contributed by atoms with E-state index in [1.165, 1.54) is 58.2 Å². The minimum Gasteiger partial charge on any atom is -0.381 e. The molecule has 0 radical (unpaired) electrons. The van der Waals surface area contributed by atoms with Crippen molar-refractivity contribution in [2.24, 2.45) is 10.9 Å². The summed E-state index contributed by atoms with van der Waals surface area (Å²) in [5, 5.41) is 6.80. The lowest BCUT2D eigenvalue weighted by molar-refractivity contribution is 0.0893. The molecule has 0 aliphatic carbocycles. The molecule has 0 bridgehead atoms. The summed E-state index contributed by atoms with van der Waals surface area (Å²) in [6.45, 7) is 12.1. The van der Waals surface area contributed by atoms with Gasteiger partial charge in [-0.25, -0.2) is 0 Å². The van der Waals surface area contributed by atoms with E-state index in [1.807, 2.05) is 0 Å². The van der Waals surface area contributed by atoms with Gasteiger partial charge >= 0.3 is 0 Å². The first kappa shape index (κ1) is 22.4. The van der Waals surface area contributed by atoms with Gasteiger partial charge in [-0.15, -0.1) is 0 Å². The van der Waals surface area contributed by atoms with E-state index in [1.54, 1.807) is 0 Å². The Labute approximate surface area is 166 Å². The Hall–Kier alpha value is -0.850. The van der Waals surface area contributed by atoms with Crippen LogP contribution in [0.2, 0.25) is 0 Å². The Balaban J connectivity index is 1.44. The van der Waals surface area contributed by atoms with E-state index in [0.29, 0.717) is 5.92 Å². The second-order valence-corrected chi connectivity index (χ2v) is 7.81. The number of guanidine groups is 1. The van der Waals surface area contributed by atoms with Gasteiger partial charge in [-0.2, -0.15) is 0 Å². The SMILES string of the molecule is CCNC(=NCCCOCC1CCOC1)NCCCCCN1CCCCC1. The third-order valence-electron chi connectivity index (χ3n) is 5.33. The molecular weight excluding hydrogens is 340 g/mol. The molecule has 2 N–H and O–H groups in total. The molecule has 1 atom stereocenters. The molecule has 0 amide bonds. The van der Waals surface area contributed by atoms with Gasteiger partial charge in [0.2, 0.25) is 0 Å². The van der Waals surface area contributed by atoms with E-state index in [2.05, 4.69) is 27.4 Å². The summed E-state index contributed by atoms with van der Waals surface area (Å²) in [5.41, 5.74) is 0. The quantitative estimate of drug-likeness (QED) is 0.291. The van der Waals surface area contributed by atoms with Crippen LogP contribution in [0.15, 0.2) is 4.99 Å². The zero-order valence-electron chi connectivity index (χ0n) is 17.5. The molecule has 0 aromatic rings. The Bertz CT molecular complexity index is 380. The van der Waals surface area contributed by atoms with Crippen LogP contribution in [0.1, 0.15) is 58.3 Å². The van der Waals surface area contributed by atoms with Crippen molar-refractivity contribution >= 4 is 5.96 Å². The van der Waals surface area contributed by atoms with Gasteiger partial charge in [-0.3, -0.25) is 4.99 Å². The number of unbranched alkanes of at least 4 members (excludes halogenated alkanes) is 2. The largest absolute Gasteiger partial charge is 0.381 e. The molecule has 27 heavy (non-hydrogen) atoms. The summed E-state index contributed by atoms with van der Waals surface area (Å²) in [4.78, 5) is 7.28. The molecule has 0 saturated carbocycles. The number of piperidine rings is 1. The molecule has 1 unspecified atom stereocenters. The lowest BCUT2D eigenvalue weighted by atomic mass is 10.1. The predicted molar refractivity (Wildman–Crippen MR) is 112 cm³/mol. The Morgan fingerprint density at radius 3 is 2.78 bits per heavy atom. The number of ether oxygens (including phenoxy) is 2. The van der Waals surface area contributed by atoms with Crippen molar-refractivity contribution in [2.45, 2.75) is 58.3 Å². The fourth-order valence-electron chi connectivity index (χ4n) is 3.69. The van der Waals surface area contributed by atoms with Crippen LogP contribution in [-0.4, -0.2) is 76.6 Å². The molecule has 2 aliphatic rings. The predicted octanol–water partition coefficient (Wildman–Crippen LogP) is 2.64. The first-order chi connectivity index (χ1) is 13.4. The standard InChI is InChI=1S/C21H42N4O2/c1-2-22-21(24-12-9-16-26-18-20-10-17-27-19-20)23-11-5-3-6-13-25-14-7-4-8-15-25/h20H,2-19H2,1H3,(H2,22,23,24). The van der Waals surface area contributed by atoms with Crippen LogP contribution >= 0.6 is 0 Å². The topological polar surface area (TPSA) is 58.1 Å². The highest BCUT2D eigenvalue weighted by Crippen LogP contribution is 2.12. The number of hydrogen-bond donors (Lipinski definition) is 2. The van der Waals surface area contributed by atoms with Gasteiger partial charge in [0.05, 0.1) is 13.2 Å². The summed E-state index contributed by atoms with van der Waals surface area (Å²) in [6.07, 6.45) is 10.2. The van der Waals surface area contributed by atoms with Crippen molar-refractivity contribution in [1.82, 2.24) is 15.5 Å². The Kier molecular flexibility index (Phi) is 12.6. The smallest absolute Gasteiger partial charge is 0.191 e. The van der Waals surface area contributed by atoms with Crippen molar-refractivity contribution in [3.8, 4) is 0 Å². The van der Waals surface area contributed by atoms with Crippen molar-refractivity contribution in [2.75, 3.05) is 65.7 Å². The summed E-state index contributed by atoms with van der Waals surface area (Å²) < 4.78 is 11.1. The summed E-state index contributed by atoms with van der Waals surface area (Å²) in [5.74, 6) is 1.54. The van der Waals surface area contributed by atoms with E-state index in [4.69, 9.17) is 9.47 Å². The average molecular weight is 383 g/mol. The first-order valence-electron chi connectivity index (χ1n) is 11.3. The molecule has 2 saturated heterocycles. The molecule has 2 heterocycles. The fraction of sp³-hybridized carbons (Fsp3) is 0.952. The molecule has 0 spiro atoms. The minimum atomic E-state index is 0.599. The lowest BCUT2D eigenvalue weighted by Crippen LogP contribution is -2.38. The Morgan fingerprint density at radius 1 is 1.11 bits per heavy atom. The first-order valence-corrected chi connectivity index (χ1v) is 11.3. The third kappa shape index (κ3) is 10.9. The molecule has 2 aliphatic heterocycles. The highest BCUT2D eigenvalue weighted by Gasteiger charge is 2.15. The van der Waals surface area contributed by atoms with Crippen molar-refractivity contribution in [1.29, 1.82) is 0 Å². The van der Waals surface area contributed by atoms with Crippen LogP contribution in [0.25, 0.3) is 0 Å². The second-order valence-electron chi connectivity index (χ2n) is 7.81. The fourth-order valence-corrected chi connectivity index (χ4v) is 3.69. The number of rotatable bonds is 13. The normalized spacial score (nSPS) is 21.5. The van der Waals surface area contributed by atoms with Gasteiger partial charge in [0.25, 0.3) is 0 Å². The number of nitrogens with zero attached hydrogens (tertiary/aromatic N) is 2. The van der Waals surface area contributed by atoms with Gasteiger partial charge in [0.15, 0.2) is 5.96 Å². The number of aliphatic imine (C=N–C) groups is 1.